The molecule has 7 atom stereocenters. The maximum absolute atomic E-state index is 14.8. The van der Waals surface area contributed by atoms with Gasteiger partial charge in [0, 0.05) is 62.3 Å². The number of oxime groups is 1. The molecule has 2 aliphatic carbocycles. The van der Waals surface area contributed by atoms with Crippen molar-refractivity contribution in [3.63, 3.8) is 0 Å². The summed E-state index contributed by atoms with van der Waals surface area (Å²) < 4.78 is 32.3. The third kappa shape index (κ3) is 11.1. The second-order valence-electron chi connectivity index (χ2n) is 17.5. The number of hydrogen-bond acceptors (Lipinski definition) is 13. The van der Waals surface area contributed by atoms with Crippen LogP contribution in [0.3, 0.4) is 0 Å². The highest BCUT2D eigenvalue weighted by atomic mass is 16.8. The molecule has 7 rings (SSSR count). The molecule has 3 aromatic carbocycles. The fourth-order valence-electron chi connectivity index (χ4n) is 10.3. The molecule has 3 aromatic rings. The molecule has 7 unspecified atom stereocenters. The molecule has 0 spiro atoms. The molecule has 2 N–H and O–H groups in total. The van der Waals surface area contributed by atoms with E-state index in [0.29, 0.717) is 78.7 Å². The third-order valence-electron chi connectivity index (χ3n) is 13.3. The number of ether oxygens (including phenoxy) is 5. The van der Waals surface area contributed by atoms with Crippen molar-refractivity contribution in [2.24, 2.45) is 22.9 Å². The Morgan fingerprint density at radius 3 is 2.48 bits per heavy atom. The number of fused-ring (bicyclic) bond motifs is 2. The number of amides is 1. The molecule has 358 valence electrons. The first kappa shape index (κ1) is 49.0. The van der Waals surface area contributed by atoms with Crippen LogP contribution in [0.5, 0.6) is 23.0 Å². The van der Waals surface area contributed by atoms with Gasteiger partial charge in [-0.1, -0.05) is 37.1 Å². The molecule has 2 heterocycles. The summed E-state index contributed by atoms with van der Waals surface area (Å²) in [7, 11) is 1.50. The second kappa shape index (κ2) is 23.2. The van der Waals surface area contributed by atoms with E-state index in [-0.39, 0.29) is 55.6 Å². The van der Waals surface area contributed by atoms with Crippen LogP contribution < -0.4 is 14.2 Å². The first-order chi connectivity index (χ1) is 32.7. The van der Waals surface area contributed by atoms with Crippen LogP contribution >= 0.6 is 0 Å². The first-order valence-electron chi connectivity index (χ1n) is 23.6. The monoisotopic (exact) mass is 921 g/mol. The highest BCUT2D eigenvalue weighted by Crippen LogP contribution is 2.62. The summed E-state index contributed by atoms with van der Waals surface area (Å²) in [6, 6.07) is 16.0. The van der Waals surface area contributed by atoms with Crippen LogP contribution in [0.15, 0.2) is 96.2 Å². The number of nitro groups is 1. The molecule has 1 amide bonds. The minimum absolute atomic E-state index is 0.0107. The van der Waals surface area contributed by atoms with Crippen molar-refractivity contribution in [3.8, 4) is 23.0 Å². The number of rotatable bonds is 23. The van der Waals surface area contributed by atoms with Crippen LogP contribution in [0.4, 0.5) is 5.69 Å². The summed E-state index contributed by atoms with van der Waals surface area (Å²) in [4.78, 5) is 45.8. The molecule has 2 fully saturated rings. The van der Waals surface area contributed by atoms with Crippen LogP contribution in [-0.2, 0) is 19.1 Å². The van der Waals surface area contributed by atoms with Crippen molar-refractivity contribution >= 4 is 29.7 Å². The number of allylic oxidation sites excluding steroid dienone is 1. The van der Waals surface area contributed by atoms with Crippen molar-refractivity contribution in [1.82, 2.24) is 4.90 Å². The minimum atomic E-state index is -1.48. The lowest BCUT2D eigenvalue weighted by Gasteiger charge is -2.60. The summed E-state index contributed by atoms with van der Waals surface area (Å²) in [6.07, 6.45) is 15.0. The molecule has 1 saturated carbocycles. The molecule has 15 nitrogen and oxygen atoms in total. The van der Waals surface area contributed by atoms with Gasteiger partial charge in [0.25, 0.3) is 5.69 Å². The topological polar surface area (TPSA) is 189 Å². The summed E-state index contributed by atoms with van der Waals surface area (Å²) in [5.74, 6) is -0.702. The number of benzene rings is 3. The van der Waals surface area contributed by atoms with E-state index in [1.807, 2.05) is 25.1 Å². The molecular weight excluding hydrogens is 859 g/mol. The number of aliphatic hydroxyl groups excluding tert-OH is 2. The summed E-state index contributed by atoms with van der Waals surface area (Å²) in [6.45, 7) is 7.15. The largest absolute Gasteiger partial charge is 0.496 e. The van der Waals surface area contributed by atoms with E-state index < -0.39 is 29.0 Å². The lowest BCUT2D eigenvalue weighted by atomic mass is 9.55. The lowest BCUT2D eigenvalue weighted by molar-refractivity contribution is -0.384. The van der Waals surface area contributed by atoms with Gasteiger partial charge in [-0.2, -0.15) is 0 Å². The van der Waals surface area contributed by atoms with Gasteiger partial charge < -0.3 is 43.6 Å². The first-order valence-corrected chi connectivity index (χ1v) is 23.6. The predicted molar refractivity (Wildman–Crippen MR) is 252 cm³/mol. The normalized spacial score (nSPS) is 24.7. The number of aldehydes is 1. The number of non-ortho nitro benzene ring substituents is 1. The zero-order chi connectivity index (χ0) is 47.3. The average molecular weight is 922 g/mol. The SMILES string of the molecule is C=CCOC12Oc3ccc(Oc4ccc(OC)c(C=O)c4)cc3C3C(CCCCO)C(CCCCO)C=C(C(=NOC4CCCCO4)CC1N(CCC)C(=O)C=Cc1ccc([N+](=O)[O-])cc1)C32. The van der Waals surface area contributed by atoms with Gasteiger partial charge >= 0.3 is 0 Å². The minimum Gasteiger partial charge on any atom is -0.496 e. The molecule has 4 aliphatic rings. The summed E-state index contributed by atoms with van der Waals surface area (Å²) in [5, 5.41) is 36.3. The van der Waals surface area contributed by atoms with Gasteiger partial charge in [-0.05, 0) is 123 Å². The Morgan fingerprint density at radius 2 is 1.79 bits per heavy atom. The smallest absolute Gasteiger partial charge is 0.269 e. The van der Waals surface area contributed by atoms with Crippen molar-refractivity contribution in [2.45, 2.75) is 102 Å². The van der Waals surface area contributed by atoms with Gasteiger partial charge in [-0.15, -0.1) is 6.58 Å². The molecule has 67 heavy (non-hydrogen) atoms. The van der Waals surface area contributed by atoms with Gasteiger partial charge in [-0.25, -0.2) is 0 Å². The van der Waals surface area contributed by atoms with Crippen molar-refractivity contribution in [1.29, 1.82) is 0 Å². The zero-order valence-corrected chi connectivity index (χ0v) is 38.5. The number of carbonyl (C=O) groups excluding carboxylic acids is 2. The molecule has 1 saturated heterocycles. The number of carbonyl (C=O) groups is 2. The Balaban J connectivity index is 1.42. The standard InChI is InChI=1S/C52H63N3O12/c1-4-25-54(48(59)24-17-35-15-18-38(19-16-35)55(60)61)47-33-44(53-67-49-14-8-11-29-63-49)42-31-36(12-6-9-26-56)41(13-7-10-27-57)50-43-32-40(65-39-20-22-45(62-3)37(30-39)34-58)21-23-46(43)66-52(47,51(42)50)64-28-5-2/h5,15-24,30-32,34,36,41,47,49-51,56-57H,2,4,6-14,25-29,33H2,1,3H3. The van der Waals surface area contributed by atoms with E-state index in [1.165, 1.54) is 25.3 Å². The van der Waals surface area contributed by atoms with Crippen LogP contribution in [-0.4, -0.2) is 96.1 Å². The Labute approximate surface area is 392 Å². The zero-order valence-electron chi connectivity index (χ0n) is 38.5. The number of methoxy groups -OCH3 is 1. The van der Waals surface area contributed by atoms with Gasteiger partial charge in [0.1, 0.15) is 29.0 Å². The van der Waals surface area contributed by atoms with Gasteiger partial charge in [0.15, 0.2) is 6.29 Å². The van der Waals surface area contributed by atoms with E-state index in [9.17, 15) is 29.9 Å². The second-order valence-corrected chi connectivity index (χ2v) is 17.5. The third-order valence-corrected chi connectivity index (χ3v) is 13.3. The highest BCUT2D eigenvalue weighted by Gasteiger charge is 2.65. The van der Waals surface area contributed by atoms with Crippen LogP contribution in [0.1, 0.15) is 105 Å². The van der Waals surface area contributed by atoms with E-state index in [1.54, 1.807) is 47.4 Å². The molecule has 0 aromatic heterocycles. The Hall–Kier alpha value is -5.87. The molecule has 2 aliphatic heterocycles. The van der Waals surface area contributed by atoms with E-state index in [4.69, 9.17) is 33.7 Å². The summed E-state index contributed by atoms with van der Waals surface area (Å²) >= 11 is 0. The summed E-state index contributed by atoms with van der Waals surface area (Å²) in [5.41, 5.74) is 3.33. The number of nitro benzene ring substituents is 1. The average Bonchev–Trinajstić information content (AvgIpc) is 3.35. The molecular formula is C52H63N3O12. The van der Waals surface area contributed by atoms with Crippen LogP contribution in [0, 0.1) is 27.9 Å². The van der Waals surface area contributed by atoms with Crippen LogP contribution in [0.2, 0.25) is 0 Å². The molecule has 0 radical (unpaired) electrons. The van der Waals surface area contributed by atoms with E-state index >= 15 is 0 Å². The van der Waals surface area contributed by atoms with E-state index in [0.717, 1.165) is 55.9 Å². The van der Waals surface area contributed by atoms with Crippen molar-refractivity contribution in [2.75, 3.05) is 40.1 Å². The Bertz CT molecular complexity index is 2290. The van der Waals surface area contributed by atoms with E-state index in [2.05, 4.69) is 12.7 Å². The quantitative estimate of drug-likeness (QED) is 0.0229. The van der Waals surface area contributed by atoms with Crippen molar-refractivity contribution in [3.05, 3.63) is 118 Å². The lowest BCUT2D eigenvalue weighted by Crippen LogP contribution is -2.70. The number of hydrogen-bond donors (Lipinski definition) is 2. The Kier molecular flexibility index (Phi) is 17.0. The number of nitrogens with zero attached hydrogens (tertiary/aromatic N) is 3. The van der Waals surface area contributed by atoms with Gasteiger partial charge in [-0.3, -0.25) is 19.7 Å². The highest BCUT2D eigenvalue weighted by molar-refractivity contribution is 6.03. The fraction of sp³-hybridized carbons (Fsp3) is 0.481. The number of unbranched alkanes of at least 4 members (excludes halogenated alkanes) is 2. The fourth-order valence-corrected chi connectivity index (χ4v) is 10.3. The maximum atomic E-state index is 14.8. The predicted octanol–water partition coefficient (Wildman–Crippen LogP) is 9.32. The number of aliphatic hydroxyl groups is 2. The maximum Gasteiger partial charge on any atom is 0.269 e. The molecule has 15 heteroatoms. The van der Waals surface area contributed by atoms with Crippen molar-refractivity contribution < 1.29 is 53.2 Å². The molecule has 0 bridgehead atoms. The van der Waals surface area contributed by atoms with Gasteiger partial charge in [0.05, 0.1) is 42.4 Å². The Morgan fingerprint density at radius 1 is 1.03 bits per heavy atom. The van der Waals surface area contributed by atoms with Crippen LogP contribution in [0.25, 0.3) is 6.08 Å². The van der Waals surface area contributed by atoms with Gasteiger partial charge in [0.2, 0.25) is 18.0 Å².